The molecule has 184 valence electrons. The predicted octanol–water partition coefficient (Wildman–Crippen LogP) is 6.17. The molecule has 1 amide bonds. The Labute approximate surface area is 216 Å². The highest BCUT2D eigenvalue weighted by Crippen LogP contribution is 2.30. The Morgan fingerprint density at radius 2 is 1.61 bits per heavy atom. The van der Waals surface area contributed by atoms with E-state index in [4.69, 9.17) is 0 Å². The number of hydrogen-bond donors (Lipinski definition) is 1. The molecule has 0 aliphatic heterocycles. The molecule has 1 aromatic heterocycles. The molecule has 1 heterocycles. The summed E-state index contributed by atoms with van der Waals surface area (Å²) in [4.78, 5) is 12.6. The van der Waals surface area contributed by atoms with Gasteiger partial charge in [-0.05, 0) is 42.5 Å². The van der Waals surface area contributed by atoms with E-state index >= 15 is 0 Å². The minimum absolute atomic E-state index is 0.0683. The highest BCUT2D eigenvalue weighted by atomic mass is 32.2. The molecule has 36 heavy (non-hydrogen) atoms. The van der Waals surface area contributed by atoms with Gasteiger partial charge in [0.25, 0.3) is 5.91 Å². The summed E-state index contributed by atoms with van der Waals surface area (Å²) < 4.78 is 2.00. The molecular formula is C29H31N5OS. The van der Waals surface area contributed by atoms with Gasteiger partial charge in [0, 0.05) is 11.3 Å². The predicted molar refractivity (Wildman–Crippen MR) is 148 cm³/mol. The number of carbonyl (C=O) groups excluding carboxylic acids is 1. The quantitative estimate of drug-likeness (QED) is 0.188. The number of thioether (sulfide) groups is 1. The molecular weight excluding hydrogens is 466 g/mol. The Balaban J connectivity index is 1.56. The highest BCUT2D eigenvalue weighted by Gasteiger charge is 2.19. The number of benzene rings is 3. The first-order valence-electron chi connectivity index (χ1n) is 11.9. The number of hydrazone groups is 1. The number of hydrogen-bond acceptors (Lipinski definition) is 5. The molecule has 7 heteroatoms. The van der Waals surface area contributed by atoms with Crippen molar-refractivity contribution < 1.29 is 4.79 Å². The lowest BCUT2D eigenvalue weighted by molar-refractivity contribution is -0.118. The fraction of sp³-hybridized carbons (Fsp3) is 0.241. The van der Waals surface area contributed by atoms with E-state index in [0.29, 0.717) is 5.16 Å². The van der Waals surface area contributed by atoms with Gasteiger partial charge < -0.3 is 0 Å². The second-order valence-corrected chi connectivity index (χ2v) is 10.6. The average molecular weight is 498 g/mol. The van der Waals surface area contributed by atoms with Gasteiger partial charge in [-0.15, -0.1) is 10.2 Å². The average Bonchev–Trinajstić information content (AvgIpc) is 3.30. The minimum Gasteiger partial charge on any atom is -0.272 e. The van der Waals surface area contributed by atoms with Gasteiger partial charge in [0.05, 0.1) is 11.5 Å². The second kappa shape index (κ2) is 10.9. The second-order valence-electron chi connectivity index (χ2n) is 9.69. The number of carbonyl (C=O) groups is 1. The molecule has 6 nitrogen and oxygen atoms in total. The molecule has 0 aliphatic rings. The van der Waals surface area contributed by atoms with Crippen molar-refractivity contribution in [2.75, 3.05) is 5.75 Å². The van der Waals surface area contributed by atoms with Crippen LogP contribution >= 0.6 is 11.8 Å². The number of aromatic nitrogens is 3. The summed E-state index contributed by atoms with van der Waals surface area (Å²) in [7, 11) is 0. The fourth-order valence-electron chi connectivity index (χ4n) is 3.65. The molecule has 3 aromatic carbocycles. The van der Waals surface area contributed by atoms with Crippen LogP contribution in [0.4, 0.5) is 0 Å². The number of rotatable bonds is 7. The first-order valence-corrected chi connectivity index (χ1v) is 12.9. The van der Waals surface area contributed by atoms with Crippen molar-refractivity contribution >= 4 is 23.4 Å². The van der Waals surface area contributed by atoms with Crippen LogP contribution in [0.15, 0.2) is 89.1 Å². The van der Waals surface area contributed by atoms with Gasteiger partial charge >= 0.3 is 0 Å². The van der Waals surface area contributed by atoms with E-state index in [1.165, 1.54) is 22.9 Å². The summed E-state index contributed by atoms with van der Waals surface area (Å²) in [5.41, 5.74) is 8.77. The summed E-state index contributed by atoms with van der Waals surface area (Å²) >= 11 is 1.33. The van der Waals surface area contributed by atoms with E-state index in [1.54, 1.807) is 0 Å². The van der Waals surface area contributed by atoms with Crippen LogP contribution in [-0.4, -0.2) is 32.1 Å². The summed E-state index contributed by atoms with van der Waals surface area (Å²) in [6.07, 6.45) is 0. The van der Waals surface area contributed by atoms with Crippen LogP contribution in [0.2, 0.25) is 0 Å². The van der Waals surface area contributed by atoms with Gasteiger partial charge in [0.2, 0.25) is 0 Å². The van der Waals surface area contributed by atoms with Crippen LogP contribution in [0, 0.1) is 6.92 Å². The molecule has 0 unspecified atom stereocenters. The van der Waals surface area contributed by atoms with Crippen LogP contribution in [-0.2, 0) is 10.2 Å². The molecule has 0 aliphatic carbocycles. The first-order chi connectivity index (χ1) is 17.2. The molecule has 4 rings (SSSR count). The molecule has 0 saturated heterocycles. The van der Waals surface area contributed by atoms with Gasteiger partial charge in [0.15, 0.2) is 11.0 Å². The van der Waals surface area contributed by atoms with Crippen molar-refractivity contribution in [3.63, 3.8) is 0 Å². The molecule has 0 bridgehead atoms. The third-order valence-corrected chi connectivity index (χ3v) is 6.74. The standard InChI is InChI=1S/C29H31N5OS/c1-20-11-17-25(18-12-20)34-27(23-13-15-24(16-14-23)29(3,4)5)32-33-28(34)36-19-26(35)31-30-21(2)22-9-7-6-8-10-22/h6-18H,19H2,1-5H3,(H,31,35). The van der Waals surface area contributed by atoms with Crippen molar-refractivity contribution in [3.8, 4) is 17.1 Å². The summed E-state index contributed by atoms with van der Waals surface area (Å²) in [6.45, 7) is 10.5. The van der Waals surface area contributed by atoms with Crippen LogP contribution in [0.1, 0.15) is 44.4 Å². The lowest BCUT2D eigenvalue weighted by Crippen LogP contribution is -2.21. The van der Waals surface area contributed by atoms with E-state index in [1.807, 2.05) is 54.0 Å². The normalized spacial score (nSPS) is 12.0. The maximum absolute atomic E-state index is 12.6. The lowest BCUT2D eigenvalue weighted by Gasteiger charge is -2.19. The van der Waals surface area contributed by atoms with Crippen LogP contribution in [0.25, 0.3) is 17.1 Å². The fourth-order valence-corrected chi connectivity index (χ4v) is 4.39. The van der Waals surface area contributed by atoms with Crippen molar-refractivity contribution in [1.29, 1.82) is 0 Å². The number of aryl methyl sites for hydroxylation is 1. The number of amides is 1. The first kappa shape index (κ1) is 25.4. The van der Waals surface area contributed by atoms with Gasteiger partial charge in [-0.2, -0.15) is 5.10 Å². The number of nitrogens with one attached hydrogen (secondary N) is 1. The summed E-state index contributed by atoms with van der Waals surface area (Å²) in [6, 6.07) is 26.4. The maximum atomic E-state index is 12.6. The van der Waals surface area contributed by atoms with Gasteiger partial charge in [-0.3, -0.25) is 9.36 Å². The minimum atomic E-state index is -0.204. The molecule has 0 spiro atoms. The Morgan fingerprint density at radius 1 is 0.944 bits per heavy atom. The van der Waals surface area contributed by atoms with Crippen LogP contribution in [0.3, 0.4) is 0 Å². The third kappa shape index (κ3) is 6.10. The largest absolute Gasteiger partial charge is 0.272 e. The highest BCUT2D eigenvalue weighted by molar-refractivity contribution is 7.99. The Hall–Kier alpha value is -3.71. The molecule has 0 saturated carbocycles. The molecule has 0 fully saturated rings. The maximum Gasteiger partial charge on any atom is 0.250 e. The van der Waals surface area contributed by atoms with Gasteiger partial charge in [-0.1, -0.05) is 105 Å². The molecule has 0 radical (unpaired) electrons. The lowest BCUT2D eigenvalue weighted by atomic mass is 9.87. The zero-order valence-corrected chi connectivity index (χ0v) is 22.1. The van der Waals surface area contributed by atoms with E-state index in [-0.39, 0.29) is 17.1 Å². The van der Waals surface area contributed by atoms with Crippen LogP contribution < -0.4 is 5.43 Å². The topological polar surface area (TPSA) is 72.2 Å². The summed E-state index contributed by atoms with van der Waals surface area (Å²) in [5.74, 6) is 0.698. The van der Waals surface area contributed by atoms with Crippen molar-refractivity contribution in [1.82, 2.24) is 20.2 Å². The van der Waals surface area contributed by atoms with E-state index < -0.39 is 0 Å². The Bertz CT molecular complexity index is 1350. The van der Waals surface area contributed by atoms with Crippen molar-refractivity contribution in [2.24, 2.45) is 5.10 Å². The summed E-state index contributed by atoms with van der Waals surface area (Å²) in [5, 5.41) is 13.8. The third-order valence-electron chi connectivity index (χ3n) is 5.81. The van der Waals surface area contributed by atoms with Crippen LogP contribution in [0.5, 0.6) is 0 Å². The smallest absolute Gasteiger partial charge is 0.250 e. The van der Waals surface area contributed by atoms with E-state index in [0.717, 1.165) is 28.4 Å². The number of nitrogens with zero attached hydrogens (tertiary/aromatic N) is 4. The van der Waals surface area contributed by atoms with Crippen molar-refractivity contribution in [3.05, 3.63) is 95.6 Å². The Kier molecular flexibility index (Phi) is 7.70. The monoisotopic (exact) mass is 497 g/mol. The zero-order chi connectivity index (χ0) is 25.7. The van der Waals surface area contributed by atoms with E-state index in [9.17, 15) is 4.79 Å². The zero-order valence-electron chi connectivity index (χ0n) is 21.3. The van der Waals surface area contributed by atoms with Gasteiger partial charge in [-0.25, -0.2) is 5.43 Å². The van der Waals surface area contributed by atoms with Crippen molar-refractivity contribution in [2.45, 2.75) is 45.2 Å². The van der Waals surface area contributed by atoms with E-state index in [2.05, 4.69) is 84.8 Å². The molecule has 0 atom stereocenters. The molecule has 1 N–H and O–H groups in total. The van der Waals surface area contributed by atoms with Gasteiger partial charge in [0.1, 0.15) is 0 Å². The SMILES string of the molecule is CC(=NNC(=O)CSc1nnc(-c2ccc(C(C)(C)C)cc2)n1-c1ccc(C)cc1)c1ccccc1. The molecule has 4 aromatic rings. The Morgan fingerprint density at radius 3 is 2.25 bits per heavy atom.